The van der Waals surface area contributed by atoms with E-state index in [9.17, 15) is 9.18 Å². The Kier molecular flexibility index (Phi) is 3.60. The SMILES string of the molecule is CNc1c(F)cccc1C(=O)NC1CC1c1ccccc1. The second kappa shape index (κ2) is 5.56. The van der Waals surface area contributed by atoms with Crippen molar-refractivity contribution in [2.75, 3.05) is 12.4 Å². The number of amides is 1. The van der Waals surface area contributed by atoms with E-state index in [-0.39, 0.29) is 17.6 Å². The summed E-state index contributed by atoms with van der Waals surface area (Å²) >= 11 is 0. The second-order valence-corrected chi connectivity index (χ2v) is 5.25. The number of benzene rings is 2. The normalized spacial score (nSPS) is 19.9. The van der Waals surface area contributed by atoms with Gasteiger partial charge in [0, 0.05) is 19.0 Å². The van der Waals surface area contributed by atoms with Crippen molar-refractivity contribution in [3.05, 3.63) is 65.5 Å². The van der Waals surface area contributed by atoms with Gasteiger partial charge in [-0.2, -0.15) is 0 Å². The molecule has 0 heterocycles. The predicted octanol–water partition coefficient (Wildman–Crippen LogP) is 3.15. The molecule has 4 heteroatoms. The summed E-state index contributed by atoms with van der Waals surface area (Å²) < 4.78 is 13.7. The highest BCUT2D eigenvalue weighted by Gasteiger charge is 2.39. The molecule has 2 unspecified atom stereocenters. The van der Waals surface area contributed by atoms with Gasteiger partial charge in [-0.3, -0.25) is 4.79 Å². The zero-order valence-corrected chi connectivity index (χ0v) is 11.8. The van der Waals surface area contributed by atoms with E-state index in [1.807, 2.05) is 18.2 Å². The minimum atomic E-state index is -0.416. The van der Waals surface area contributed by atoms with Crippen LogP contribution in [-0.2, 0) is 0 Å². The Balaban J connectivity index is 1.70. The molecule has 1 aliphatic rings. The lowest BCUT2D eigenvalue weighted by Crippen LogP contribution is -2.27. The van der Waals surface area contributed by atoms with Crippen LogP contribution >= 0.6 is 0 Å². The van der Waals surface area contributed by atoms with Crippen LogP contribution in [0.1, 0.15) is 28.3 Å². The zero-order chi connectivity index (χ0) is 14.8. The molecule has 1 saturated carbocycles. The first-order chi connectivity index (χ1) is 10.2. The van der Waals surface area contributed by atoms with Crippen LogP contribution in [0.5, 0.6) is 0 Å². The van der Waals surface area contributed by atoms with Gasteiger partial charge >= 0.3 is 0 Å². The van der Waals surface area contributed by atoms with E-state index in [0.717, 1.165) is 6.42 Å². The van der Waals surface area contributed by atoms with Gasteiger partial charge in [0.2, 0.25) is 0 Å². The highest BCUT2D eigenvalue weighted by atomic mass is 19.1. The second-order valence-electron chi connectivity index (χ2n) is 5.25. The van der Waals surface area contributed by atoms with E-state index in [0.29, 0.717) is 11.5 Å². The summed E-state index contributed by atoms with van der Waals surface area (Å²) in [5.41, 5.74) is 1.82. The van der Waals surface area contributed by atoms with Crippen molar-refractivity contribution in [1.29, 1.82) is 0 Å². The topological polar surface area (TPSA) is 41.1 Å². The number of hydrogen-bond acceptors (Lipinski definition) is 2. The first kappa shape index (κ1) is 13.6. The average molecular weight is 284 g/mol. The summed E-state index contributed by atoms with van der Waals surface area (Å²) in [4.78, 5) is 12.3. The van der Waals surface area contributed by atoms with Crippen molar-refractivity contribution < 1.29 is 9.18 Å². The van der Waals surface area contributed by atoms with Crippen LogP contribution in [0.25, 0.3) is 0 Å². The largest absolute Gasteiger partial charge is 0.385 e. The van der Waals surface area contributed by atoms with E-state index in [1.165, 1.54) is 11.6 Å². The van der Waals surface area contributed by atoms with E-state index < -0.39 is 5.82 Å². The van der Waals surface area contributed by atoms with Crippen molar-refractivity contribution in [2.24, 2.45) is 0 Å². The van der Waals surface area contributed by atoms with Gasteiger partial charge in [-0.05, 0) is 24.1 Å². The molecule has 3 nitrogen and oxygen atoms in total. The Bertz CT molecular complexity index is 657. The highest BCUT2D eigenvalue weighted by molar-refractivity contribution is 6.00. The fourth-order valence-electron chi connectivity index (χ4n) is 2.64. The van der Waals surface area contributed by atoms with E-state index in [1.54, 1.807) is 19.2 Å². The molecule has 2 aromatic rings. The van der Waals surface area contributed by atoms with Crippen LogP contribution in [0.15, 0.2) is 48.5 Å². The lowest BCUT2D eigenvalue weighted by Gasteiger charge is -2.10. The summed E-state index contributed by atoms with van der Waals surface area (Å²) in [6.07, 6.45) is 0.931. The van der Waals surface area contributed by atoms with Gasteiger partial charge in [0.15, 0.2) is 0 Å². The highest BCUT2D eigenvalue weighted by Crippen LogP contribution is 2.40. The Morgan fingerprint density at radius 2 is 1.90 bits per heavy atom. The van der Waals surface area contributed by atoms with Crippen LogP contribution in [0.4, 0.5) is 10.1 Å². The fraction of sp³-hybridized carbons (Fsp3) is 0.235. The molecule has 1 fully saturated rings. The monoisotopic (exact) mass is 284 g/mol. The Hall–Kier alpha value is -2.36. The molecule has 1 amide bonds. The van der Waals surface area contributed by atoms with Gasteiger partial charge in [0.05, 0.1) is 11.3 Å². The van der Waals surface area contributed by atoms with Gasteiger partial charge in [0.1, 0.15) is 5.82 Å². The number of para-hydroxylation sites is 1. The van der Waals surface area contributed by atoms with Crippen LogP contribution in [0.3, 0.4) is 0 Å². The molecule has 3 rings (SSSR count). The van der Waals surface area contributed by atoms with Crippen LogP contribution < -0.4 is 10.6 Å². The lowest BCUT2D eigenvalue weighted by molar-refractivity contribution is 0.0950. The van der Waals surface area contributed by atoms with Crippen LogP contribution in [-0.4, -0.2) is 19.0 Å². The minimum Gasteiger partial charge on any atom is -0.385 e. The summed E-state index contributed by atoms with van der Waals surface area (Å²) in [5.74, 6) is -0.287. The Morgan fingerprint density at radius 3 is 2.62 bits per heavy atom. The molecular weight excluding hydrogens is 267 g/mol. The molecule has 1 aliphatic carbocycles. The van der Waals surface area contributed by atoms with Gasteiger partial charge in [-0.1, -0.05) is 36.4 Å². The molecule has 0 aromatic heterocycles. The van der Waals surface area contributed by atoms with Crippen LogP contribution in [0, 0.1) is 5.82 Å². The molecule has 2 aromatic carbocycles. The smallest absolute Gasteiger partial charge is 0.253 e. The first-order valence-electron chi connectivity index (χ1n) is 7.02. The van der Waals surface area contributed by atoms with Crippen molar-refractivity contribution in [1.82, 2.24) is 5.32 Å². The maximum atomic E-state index is 13.7. The fourth-order valence-corrected chi connectivity index (χ4v) is 2.64. The number of hydrogen-bond donors (Lipinski definition) is 2. The first-order valence-corrected chi connectivity index (χ1v) is 7.02. The van der Waals surface area contributed by atoms with Crippen molar-refractivity contribution in [2.45, 2.75) is 18.4 Å². The number of carbonyl (C=O) groups excluding carboxylic acids is 1. The number of anilines is 1. The molecular formula is C17H17FN2O. The maximum absolute atomic E-state index is 13.7. The van der Waals surface area contributed by atoms with Crippen molar-refractivity contribution in [3.8, 4) is 0 Å². The molecule has 2 atom stereocenters. The number of rotatable bonds is 4. The number of halogens is 1. The molecule has 0 bridgehead atoms. The van der Waals surface area contributed by atoms with Gasteiger partial charge < -0.3 is 10.6 Å². The number of nitrogens with one attached hydrogen (secondary N) is 2. The quantitative estimate of drug-likeness (QED) is 0.905. The summed E-state index contributed by atoms with van der Waals surface area (Å²) in [5, 5.41) is 5.72. The van der Waals surface area contributed by atoms with E-state index >= 15 is 0 Å². The van der Waals surface area contributed by atoms with E-state index in [4.69, 9.17) is 0 Å². The molecule has 108 valence electrons. The third-order valence-electron chi connectivity index (χ3n) is 3.84. The Morgan fingerprint density at radius 1 is 1.14 bits per heavy atom. The zero-order valence-electron chi connectivity index (χ0n) is 11.8. The summed E-state index contributed by atoms with van der Waals surface area (Å²) in [7, 11) is 1.61. The van der Waals surface area contributed by atoms with Gasteiger partial charge in [-0.15, -0.1) is 0 Å². The lowest BCUT2D eigenvalue weighted by atomic mass is 10.1. The molecule has 0 radical (unpaired) electrons. The maximum Gasteiger partial charge on any atom is 0.253 e. The van der Waals surface area contributed by atoms with Crippen molar-refractivity contribution >= 4 is 11.6 Å². The minimum absolute atomic E-state index is 0.132. The van der Waals surface area contributed by atoms with Crippen LogP contribution in [0.2, 0.25) is 0 Å². The van der Waals surface area contributed by atoms with E-state index in [2.05, 4.69) is 22.8 Å². The van der Waals surface area contributed by atoms with Gasteiger partial charge in [-0.25, -0.2) is 4.39 Å². The summed E-state index contributed by atoms with van der Waals surface area (Å²) in [6.45, 7) is 0. The number of carbonyl (C=O) groups is 1. The third-order valence-corrected chi connectivity index (χ3v) is 3.84. The van der Waals surface area contributed by atoms with Crippen molar-refractivity contribution in [3.63, 3.8) is 0 Å². The summed E-state index contributed by atoms with van der Waals surface area (Å²) in [6, 6.07) is 14.8. The molecule has 2 N–H and O–H groups in total. The average Bonchev–Trinajstić information content (AvgIpc) is 3.27. The molecule has 0 spiro atoms. The molecule has 0 saturated heterocycles. The third kappa shape index (κ3) is 2.75. The molecule has 0 aliphatic heterocycles. The molecule has 21 heavy (non-hydrogen) atoms. The van der Waals surface area contributed by atoms with Gasteiger partial charge in [0.25, 0.3) is 5.91 Å². The standard InChI is InChI=1S/C17H17FN2O/c1-19-16-12(8-5-9-14(16)18)17(21)20-15-10-13(15)11-6-3-2-4-7-11/h2-9,13,15,19H,10H2,1H3,(H,20,21). The Labute approximate surface area is 123 Å². The predicted molar refractivity (Wildman–Crippen MR) is 81.0 cm³/mol.